The minimum atomic E-state index is -0.647. The van der Waals surface area contributed by atoms with Gasteiger partial charge in [-0.05, 0) is 19.1 Å². The third-order valence-electron chi connectivity index (χ3n) is 2.69. The van der Waals surface area contributed by atoms with Gasteiger partial charge in [0.05, 0.1) is 13.2 Å². The van der Waals surface area contributed by atoms with E-state index in [1.807, 2.05) is 25.1 Å². The van der Waals surface area contributed by atoms with Crippen molar-refractivity contribution in [2.75, 3.05) is 13.2 Å². The molecule has 1 aromatic carbocycles. The molecule has 2 heterocycles. The van der Waals surface area contributed by atoms with Crippen LogP contribution in [-0.4, -0.2) is 13.2 Å². The zero-order valence-electron chi connectivity index (χ0n) is 8.69. The third kappa shape index (κ3) is 1.60. The molecule has 0 bridgehead atoms. The smallest absolute Gasteiger partial charge is 0.288 e. The van der Waals surface area contributed by atoms with Gasteiger partial charge in [0.25, 0.3) is 4.06 Å². The second-order valence-corrected chi connectivity index (χ2v) is 6.05. The fourth-order valence-electron chi connectivity index (χ4n) is 1.84. The van der Waals surface area contributed by atoms with Crippen molar-refractivity contribution in [3.8, 4) is 0 Å². The fourth-order valence-corrected chi connectivity index (χ4v) is 3.80. The van der Waals surface area contributed by atoms with Crippen molar-refractivity contribution < 1.29 is 9.47 Å². The van der Waals surface area contributed by atoms with E-state index in [0.717, 1.165) is 15.0 Å². The Hall–Kier alpha value is -0.750. The zero-order chi connectivity index (χ0) is 11.2. The maximum atomic E-state index is 11.3. The van der Waals surface area contributed by atoms with Gasteiger partial charge in [-0.15, -0.1) is 0 Å². The summed E-state index contributed by atoms with van der Waals surface area (Å²) < 4.78 is 13.3. The molecule has 1 saturated heterocycles. The Kier molecular flexibility index (Phi) is 2.36. The zero-order valence-corrected chi connectivity index (χ0v) is 10.3. The van der Waals surface area contributed by atoms with Gasteiger partial charge in [0.2, 0.25) is 0 Å². The van der Waals surface area contributed by atoms with Gasteiger partial charge >= 0.3 is 0 Å². The van der Waals surface area contributed by atoms with E-state index in [1.54, 1.807) is 0 Å². The molecule has 5 heteroatoms. The Labute approximate surface area is 100 Å². The predicted octanol–water partition coefficient (Wildman–Crippen LogP) is 2.54. The molecular weight excluding hydrogens is 244 g/mol. The molecule has 0 amide bonds. The molecule has 0 spiro atoms. The van der Waals surface area contributed by atoms with Crippen LogP contribution in [-0.2, 0) is 15.3 Å². The second kappa shape index (κ2) is 3.63. The van der Waals surface area contributed by atoms with Crippen LogP contribution in [0.4, 0.5) is 0 Å². The van der Waals surface area contributed by atoms with Crippen LogP contribution in [0.1, 0.15) is 12.5 Å². The lowest BCUT2D eigenvalue weighted by Crippen LogP contribution is -2.21. The van der Waals surface area contributed by atoms with Crippen molar-refractivity contribution in [3.63, 3.8) is 0 Å². The van der Waals surface area contributed by atoms with Crippen molar-refractivity contribution in [1.82, 2.24) is 0 Å². The minimum absolute atomic E-state index is 0.130. The number of rotatable bonds is 1. The molecule has 84 valence electrons. The number of hydrogen-bond donors (Lipinski definition) is 0. The third-order valence-corrected chi connectivity index (χ3v) is 4.79. The maximum Gasteiger partial charge on any atom is 0.288 e. The SMILES string of the molecule is CC1(c2ccc3sc(=O)sc3c2)OCCO1. The number of benzene rings is 1. The standard InChI is InChI=1S/C11H10O3S2/c1-11(13-4-5-14-11)7-2-3-8-9(6-7)16-10(12)15-8/h2-3,6H,4-5H2,1H3. The summed E-state index contributed by atoms with van der Waals surface area (Å²) in [6, 6.07) is 5.92. The lowest BCUT2D eigenvalue weighted by Gasteiger charge is -2.22. The molecule has 0 radical (unpaired) electrons. The molecule has 1 aliphatic rings. The first-order chi connectivity index (χ1) is 7.67. The molecule has 0 aliphatic carbocycles. The fraction of sp³-hybridized carbons (Fsp3) is 0.364. The summed E-state index contributed by atoms with van der Waals surface area (Å²) >= 11 is 2.56. The Morgan fingerprint density at radius 3 is 2.62 bits per heavy atom. The van der Waals surface area contributed by atoms with Crippen molar-refractivity contribution >= 4 is 32.1 Å². The Balaban J connectivity index is 2.14. The van der Waals surface area contributed by atoms with Crippen LogP contribution in [0, 0.1) is 0 Å². The van der Waals surface area contributed by atoms with E-state index in [0.29, 0.717) is 13.2 Å². The van der Waals surface area contributed by atoms with Gasteiger partial charge in [0, 0.05) is 15.0 Å². The van der Waals surface area contributed by atoms with Gasteiger partial charge in [-0.2, -0.15) is 0 Å². The van der Waals surface area contributed by atoms with Crippen LogP contribution < -0.4 is 4.06 Å². The lowest BCUT2D eigenvalue weighted by atomic mass is 10.1. The van der Waals surface area contributed by atoms with Crippen LogP contribution in [0.3, 0.4) is 0 Å². The van der Waals surface area contributed by atoms with Crippen molar-refractivity contribution in [3.05, 3.63) is 32.6 Å². The summed E-state index contributed by atoms with van der Waals surface area (Å²) in [5.41, 5.74) is 0.978. The van der Waals surface area contributed by atoms with Crippen molar-refractivity contribution in [2.45, 2.75) is 12.7 Å². The monoisotopic (exact) mass is 254 g/mol. The number of hydrogen-bond acceptors (Lipinski definition) is 5. The van der Waals surface area contributed by atoms with Gasteiger partial charge < -0.3 is 9.47 Å². The van der Waals surface area contributed by atoms with Gasteiger partial charge in [0.15, 0.2) is 5.79 Å². The highest BCUT2D eigenvalue weighted by Gasteiger charge is 2.33. The first-order valence-corrected chi connectivity index (χ1v) is 6.63. The predicted molar refractivity (Wildman–Crippen MR) is 65.2 cm³/mol. The van der Waals surface area contributed by atoms with E-state index in [1.165, 1.54) is 22.7 Å². The van der Waals surface area contributed by atoms with Gasteiger partial charge in [0.1, 0.15) is 0 Å². The molecule has 3 nitrogen and oxygen atoms in total. The Bertz CT molecular complexity index is 578. The first-order valence-electron chi connectivity index (χ1n) is 4.99. The highest BCUT2D eigenvalue weighted by Crippen LogP contribution is 2.33. The summed E-state index contributed by atoms with van der Waals surface area (Å²) in [4.78, 5) is 11.3. The molecule has 1 aliphatic heterocycles. The quantitative estimate of drug-likeness (QED) is 0.784. The van der Waals surface area contributed by atoms with E-state index < -0.39 is 5.79 Å². The van der Waals surface area contributed by atoms with Gasteiger partial charge in [-0.3, -0.25) is 4.79 Å². The Morgan fingerprint density at radius 2 is 1.88 bits per heavy atom. The highest BCUT2D eigenvalue weighted by atomic mass is 32.2. The van der Waals surface area contributed by atoms with Gasteiger partial charge in [-0.25, -0.2) is 0 Å². The minimum Gasteiger partial charge on any atom is -0.344 e. The number of ether oxygens (including phenoxy) is 2. The van der Waals surface area contributed by atoms with E-state index in [4.69, 9.17) is 9.47 Å². The normalized spacial score (nSPS) is 19.3. The largest absolute Gasteiger partial charge is 0.344 e. The molecule has 2 aromatic rings. The van der Waals surface area contributed by atoms with Crippen molar-refractivity contribution in [2.24, 2.45) is 0 Å². The molecule has 0 saturated carbocycles. The topological polar surface area (TPSA) is 35.5 Å². The summed E-state index contributed by atoms with van der Waals surface area (Å²) in [6.45, 7) is 3.15. The average molecular weight is 254 g/mol. The maximum absolute atomic E-state index is 11.3. The van der Waals surface area contributed by atoms with Crippen LogP contribution >= 0.6 is 22.7 Å². The summed E-state index contributed by atoms with van der Waals surface area (Å²) in [5, 5.41) is 0. The average Bonchev–Trinajstić information content (AvgIpc) is 2.82. The van der Waals surface area contributed by atoms with Crippen LogP contribution in [0.15, 0.2) is 23.0 Å². The summed E-state index contributed by atoms with van der Waals surface area (Å²) in [6.07, 6.45) is 0. The molecule has 0 atom stereocenters. The second-order valence-electron chi connectivity index (χ2n) is 3.76. The van der Waals surface area contributed by atoms with Gasteiger partial charge in [-0.1, -0.05) is 28.7 Å². The van der Waals surface area contributed by atoms with E-state index in [9.17, 15) is 4.79 Å². The Morgan fingerprint density at radius 1 is 1.19 bits per heavy atom. The van der Waals surface area contributed by atoms with Crippen LogP contribution in [0.2, 0.25) is 0 Å². The van der Waals surface area contributed by atoms with E-state index in [-0.39, 0.29) is 4.06 Å². The summed E-state index contributed by atoms with van der Waals surface area (Å²) in [7, 11) is 0. The van der Waals surface area contributed by atoms with Crippen LogP contribution in [0.5, 0.6) is 0 Å². The molecule has 0 unspecified atom stereocenters. The first kappa shape index (κ1) is 10.4. The van der Waals surface area contributed by atoms with E-state index in [2.05, 4.69) is 0 Å². The van der Waals surface area contributed by atoms with E-state index >= 15 is 0 Å². The highest BCUT2D eigenvalue weighted by molar-refractivity contribution is 7.35. The molecule has 3 rings (SSSR count). The number of fused-ring (bicyclic) bond motifs is 1. The van der Waals surface area contributed by atoms with Crippen LogP contribution in [0.25, 0.3) is 9.40 Å². The summed E-state index contributed by atoms with van der Waals surface area (Å²) in [5.74, 6) is -0.647. The molecule has 1 fully saturated rings. The molecule has 0 N–H and O–H groups in total. The molecular formula is C11H10O3S2. The molecule has 16 heavy (non-hydrogen) atoms. The molecule has 1 aromatic heterocycles. The van der Waals surface area contributed by atoms with Crippen molar-refractivity contribution in [1.29, 1.82) is 0 Å². The lowest BCUT2D eigenvalue weighted by molar-refractivity contribution is -0.149.